The molecule has 0 amide bonds. The average Bonchev–Trinajstić information content (AvgIpc) is 2.18. The zero-order chi connectivity index (χ0) is 11.5. The molecular formula is C13H25BrO. The fourth-order valence-corrected chi connectivity index (χ4v) is 3.16. The topological polar surface area (TPSA) is 9.23 Å². The van der Waals surface area contributed by atoms with Crippen LogP contribution in [0.3, 0.4) is 0 Å². The van der Waals surface area contributed by atoms with Gasteiger partial charge in [-0.2, -0.15) is 0 Å². The van der Waals surface area contributed by atoms with Crippen molar-refractivity contribution in [2.45, 2.75) is 63.3 Å². The van der Waals surface area contributed by atoms with Gasteiger partial charge < -0.3 is 4.74 Å². The van der Waals surface area contributed by atoms with Crippen molar-refractivity contribution in [2.75, 3.05) is 7.11 Å². The molecule has 3 atom stereocenters. The molecular weight excluding hydrogens is 252 g/mol. The van der Waals surface area contributed by atoms with Gasteiger partial charge in [-0.3, -0.25) is 0 Å². The first kappa shape index (κ1) is 13.5. The summed E-state index contributed by atoms with van der Waals surface area (Å²) in [6.07, 6.45) is 6.28. The molecule has 0 aromatic carbocycles. The molecule has 1 nitrogen and oxygen atoms in total. The summed E-state index contributed by atoms with van der Waals surface area (Å²) in [5, 5.41) is 0. The third-order valence-electron chi connectivity index (χ3n) is 4.02. The Morgan fingerprint density at radius 1 is 1.27 bits per heavy atom. The van der Waals surface area contributed by atoms with E-state index in [0.29, 0.717) is 4.83 Å². The van der Waals surface area contributed by atoms with Crippen molar-refractivity contribution >= 4 is 15.9 Å². The van der Waals surface area contributed by atoms with Crippen molar-refractivity contribution in [1.29, 1.82) is 0 Å². The Bertz CT molecular complexity index is 193. The summed E-state index contributed by atoms with van der Waals surface area (Å²) >= 11 is 3.81. The zero-order valence-corrected chi connectivity index (χ0v) is 12.1. The summed E-state index contributed by atoms with van der Waals surface area (Å²) in [6, 6.07) is 0. The van der Waals surface area contributed by atoms with Crippen LogP contribution < -0.4 is 0 Å². The molecule has 0 aliphatic heterocycles. The van der Waals surface area contributed by atoms with Crippen LogP contribution in [0.25, 0.3) is 0 Å². The highest BCUT2D eigenvalue weighted by atomic mass is 79.9. The van der Waals surface area contributed by atoms with Crippen LogP contribution in [0.2, 0.25) is 0 Å². The van der Waals surface area contributed by atoms with Crippen LogP contribution in [0.5, 0.6) is 0 Å². The maximum absolute atomic E-state index is 5.67. The monoisotopic (exact) mass is 276 g/mol. The van der Waals surface area contributed by atoms with E-state index in [0.717, 1.165) is 11.8 Å². The Morgan fingerprint density at radius 2 is 1.87 bits per heavy atom. The highest BCUT2D eigenvalue weighted by Crippen LogP contribution is 2.36. The lowest BCUT2D eigenvalue weighted by Gasteiger charge is -2.35. The van der Waals surface area contributed by atoms with E-state index >= 15 is 0 Å². The molecule has 0 aromatic rings. The van der Waals surface area contributed by atoms with Crippen LogP contribution in [0.4, 0.5) is 0 Å². The van der Waals surface area contributed by atoms with Crippen LogP contribution in [0, 0.1) is 11.8 Å². The van der Waals surface area contributed by atoms with E-state index < -0.39 is 0 Å². The summed E-state index contributed by atoms with van der Waals surface area (Å²) < 4.78 is 5.67. The van der Waals surface area contributed by atoms with Gasteiger partial charge in [-0.1, -0.05) is 29.8 Å². The Morgan fingerprint density at radius 3 is 2.40 bits per heavy atom. The van der Waals surface area contributed by atoms with Gasteiger partial charge in [0.25, 0.3) is 0 Å². The first-order valence-corrected chi connectivity index (χ1v) is 7.07. The van der Waals surface area contributed by atoms with Gasteiger partial charge in [0.15, 0.2) is 0 Å². The Kier molecular flexibility index (Phi) is 5.11. The number of rotatable bonds is 2. The lowest BCUT2D eigenvalue weighted by Crippen LogP contribution is -2.32. The minimum atomic E-state index is 0.111. The molecule has 0 spiro atoms. The summed E-state index contributed by atoms with van der Waals surface area (Å²) in [5.74, 6) is 1.65. The van der Waals surface area contributed by atoms with Gasteiger partial charge in [0, 0.05) is 11.9 Å². The lowest BCUT2D eigenvalue weighted by molar-refractivity contribution is -0.0205. The van der Waals surface area contributed by atoms with Gasteiger partial charge in [0.05, 0.1) is 5.60 Å². The second-order valence-corrected chi connectivity index (χ2v) is 6.86. The number of hydrogen-bond donors (Lipinski definition) is 0. The molecule has 0 aromatic heterocycles. The predicted molar refractivity (Wildman–Crippen MR) is 69.5 cm³/mol. The second kappa shape index (κ2) is 5.67. The molecule has 0 saturated heterocycles. The molecule has 15 heavy (non-hydrogen) atoms. The van der Waals surface area contributed by atoms with E-state index in [2.05, 4.69) is 36.7 Å². The third-order valence-corrected chi connectivity index (χ3v) is 4.86. The molecule has 0 bridgehead atoms. The molecule has 3 unspecified atom stereocenters. The van der Waals surface area contributed by atoms with Crippen molar-refractivity contribution in [3.8, 4) is 0 Å². The zero-order valence-electron chi connectivity index (χ0n) is 10.6. The maximum Gasteiger partial charge on any atom is 0.0651 e. The largest absolute Gasteiger partial charge is 0.379 e. The van der Waals surface area contributed by atoms with Gasteiger partial charge >= 0.3 is 0 Å². The number of alkyl halides is 1. The van der Waals surface area contributed by atoms with Gasteiger partial charge in [-0.15, -0.1) is 0 Å². The van der Waals surface area contributed by atoms with Gasteiger partial charge in [0.1, 0.15) is 0 Å². The van der Waals surface area contributed by atoms with Crippen molar-refractivity contribution < 1.29 is 4.74 Å². The van der Waals surface area contributed by atoms with E-state index in [1.807, 2.05) is 7.11 Å². The molecule has 0 N–H and O–H groups in total. The molecule has 2 heteroatoms. The first-order chi connectivity index (χ1) is 6.97. The maximum atomic E-state index is 5.67. The van der Waals surface area contributed by atoms with Crippen LogP contribution in [-0.4, -0.2) is 17.5 Å². The second-order valence-electron chi connectivity index (χ2n) is 5.57. The molecule has 1 fully saturated rings. The van der Waals surface area contributed by atoms with Gasteiger partial charge in [0.2, 0.25) is 0 Å². The highest BCUT2D eigenvalue weighted by Gasteiger charge is 2.30. The first-order valence-electron chi connectivity index (χ1n) is 6.16. The fraction of sp³-hybridized carbons (Fsp3) is 1.00. The van der Waals surface area contributed by atoms with Crippen molar-refractivity contribution in [3.63, 3.8) is 0 Å². The summed E-state index contributed by atoms with van der Waals surface area (Å²) in [4.78, 5) is 0.680. The van der Waals surface area contributed by atoms with E-state index in [1.54, 1.807) is 0 Å². The standard InChI is InChI=1S/C13H25BrO/c1-10(2)11-5-7-13(3,15-4)8-6-12(14)9-11/h10-12H,5-9H2,1-4H3. The SMILES string of the molecule is COC1(C)CCC(Br)CC(C(C)C)CC1. The van der Waals surface area contributed by atoms with Crippen LogP contribution in [0.15, 0.2) is 0 Å². The number of ether oxygens (including phenoxy) is 1. The molecule has 1 saturated carbocycles. The average molecular weight is 277 g/mol. The minimum Gasteiger partial charge on any atom is -0.379 e. The molecule has 1 aliphatic carbocycles. The van der Waals surface area contributed by atoms with E-state index in [1.165, 1.54) is 32.1 Å². The fourth-order valence-electron chi connectivity index (χ4n) is 2.45. The van der Waals surface area contributed by atoms with Crippen LogP contribution in [-0.2, 0) is 4.74 Å². The molecule has 1 rings (SSSR count). The smallest absolute Gasteiger partial charge is 0.0651 e. The molecule has 1 aliphatic rings. The van der Waals surface area contributed by atoms with E-state index in [4.69, 9.17) is 4.74 Å². The molecule has 90 valence electrons. The van der Waals surface area contributed by atoms with Crippen LogP contribution >= 0.6 is 15.9 Å². The van der Waals surface area contributed by atoms with Crippen molar-refractivity contribution in [1.82, 2.24) is 0 Å². The minimum absolute atomic E-state index is 0.111. The highest BCUT2D eigenvalue weighted by molar-refractivity contribution is 9.09. The Labute approximate surface area is 103 Å². The van der Waals surface area contributed by atoms with Gasteiger partial charge in [-0.05, 0) is 50.9 Å². The summed E-state index contributed by atoms with van der Waals surface area (Å²) in [7, 11) is 1.86. The van der Waals surface area contributed by atoms with Crippen molar-refractivity contribution in [3.05, 3.63) is 0 Å². The summed E-state index contributed by atoms with van der Waals surface area (Å²) in [5.41, 5.74) is 0.111. The predicted octanol–water partition coefficient (Wildman–Crippen LogP) is 4.39. The Hall–Kier alpha value is 0.440. The molecule has 0 radical (unpaired) electrons. The number of halogens is 1. The third kappa shape index (κ3) is 4.07. The normalized spacial score (nSPS) is 38.8. The van der Waals surface area contributed by atoms with E-state index in [9.17, 15) is 0 Å². The molecule has 0 heterocycles. The quantitative estimate of drug-likeness (QED) is 0.680. The number of methoxy groups -OCH3 is 1. The van der Waals surface area contributed by atoms with Crippen molar-refractivity contribution in [2.24, 2.45) is 11.8 Å². The summed E-state index contributed by atoms with van der Waals surface area (Å²) in [6.45, 7) is 6.95. The number of hydrogen-bond acceptors (Lipinski definition) is 1. The van der Waals surface area contributed by atoms with Gasteiger partial charge in [-0.25, -0.2) is 0 Å². The lowest BCUT2D eigenvalue weighted by atomic mass is 9.79. The van der Waals surface area contributed by atoms with E-state index in [-0.39, 0.29) is 5.60 Å². The Balaban J connectivity index is 2.61. The van der Waals surface area contributed by atoms with Crippen LogP contribution in [0.1, 0.15) is 52.9 Å².